The van der Waals surface area contributed by atoms with Gasteiger partial charge in [0.05, 0.1) is 0 Å². The zero-order valence-electron chi connectivity index (χ0n) is 8.80. The number of piperidine rings is 1. The van der Waals surface area contributed by atoms with Crippen molar-refractivity contribution < 1.29 is 9.53 Å². The van der Waals surface area contributed by atoms with Crippen LogP contribution in [0.4, 0.5) is 0 Å². The molecule has 0 unspecified atom stereocenters. The maximum atomic E-state index is 11.7. The van der Waals surface area contributed by atoms with Gasteiger partial charge < -0.3 is 9.64 Å². The van der Waals surface area contributed by atoms with Gasteiger partial charge in [0.15, 0.2) is 5.78 Å². The van der Waals surface area contributed by atoms with Crippen LogP contribution in [-0.4, -0.2) is 43.5 Å². The van der Waals surface area contributed by atoms with Crippen LogP contribution in [0.1, 0.15) is 26.2 Å². The van der Waals surface area contributed by atoms with Crippen molar-refractivity contribution in [2.24, 2.45) is 0 Å². The van der Waals surface area contributed by atoms with Gasteiger partial charge in [0.25, 0.3) is 0 Å². The molecule has 1 heterocycles. The summed E-state index contributed by atoms with van der Waals surface area (Å²) in [6, 6.07) is 0. The molecule has 0 aliphatic carbocycles. The van der Waals surface area contributed by atoms with E-state index >= 15 is 0 Å². The molecule has 0 bridgehead atoms. The summed E-state index contributed by atoms with van der Waals surface area (Å²) in [6.45, 7) is 3.82. The van der Waals surface area contributed by atoms with Crippen LogP contribution in [0.5, 0.6) is 0 Å². The Morgan fingerprint density at radius 1 is 1.46 bits per heavy atom. The molecule has 13 heavy (non-hydrogen) atoms. The summed E-state index contributed by atoms with van der Waals surface area (Å²) in [7, 11) is 3.73. The molecule has 0 atom stereocenters. The minimum Gasteiger partial charge on any atom is -0.370 e. The van der Waals surface area contributed by atoms with Crippen LogP contribution in [0.25, 0.3) is 0 Å². The molecule has 3 nitrogen and oxygen atoms in total. The van der Waals surface area contributed by atoms with Gasteiger partial charge in [0.1, 0.15) is 5.60 Å². The average molecular weight is 185 g/mol. The van der Waals surface area contributed by atoms with E-state index in [4.69, 9.17) is 4.74 Å². The first kappa shape index (κ1) is 10.7. The smallest absolute Gasteiger partial charge is 0.164 e. The lowest BCUT2D eigenvalue weighted by molar-refractivity contribution is -0.146. The Kier molecular flexibility index (Phi) is 3.45. The number of methoxy groups -OCH3 is 1. The number of carbonyl (C=O) groups is 1. The van der Waals surface area contributed by atoms with Gasteiger partial charge in [-0.25, -0.2) is 0 Å². The predicted molar refractivity (Wildman–Crippen MR) is 51.8 cm³/mol. The van der Waals surface area contributed by atoms with Gasteiger partial charge in [0.2, 0.25) is 0 Å². The number of ketones is 1. The number of rotatable bonds is 3. The van der Waals surface area contributed by atoms with Gasteiger partial charge in [-0.1, -0.05) is 6.92 Å². The molecule has 0 amide bonds. The van der Waals surface area contributed by atoms with E-state index in [1.807, 2.05) is 6.92 Å². The average Bonchev–Trinajstić information content (AvgIpc) is 2.18. The molecule has 0 radical (unpaired) electrons. The Hall–Kier alpha value is -0.410. The number of ether oxygens (including phenoxy) is 1. The number of carbonyl (C=O) groups excluding carboxylic acids is 1. The molecule has 0 aromatic rings. The van der Waals surface area contributed by atoms with Gasteiger partial charge in [-0.3, -0.25) is 4.79 Å². The molecule has 0 aromatic heterocycles. The minimum atomic E-state index is -0.471. The summed E-state index contributed by atoms with van der Waals surface area (Å²) in [4.78, 5) is 13.9. The molecule has 0 saturated carbocycles. The van der Waals surface area contributed by atoms with Gasteiger partial charge in [-0.2, -0.15) is 0 Å². The maximum Gasteiger partial charge on any atom is 0.164 e. The molecular weight excluding hydrogens is 166 g/mol. The quantitative estimate of drug-likeness (QED) is 0.659. The number of nitrogens with zero attached hydrogens (tertiary/aromatic N) is 1. The highest BCUT2D eigenvalue weighted by atomic mass is 16.5. The van der Waals surface area contributed by atoms with Crippen molar-refractivity contribution >= 4 is 5.78 Å². The SMILES string of the molecule is CCC(=O)C1(OC)CCN(C)CC1. The van der Waals surface area contributed by atoms with Crippen LogP contribution in [0.3, 0.4) is 0 Å². The number of likely N-dealkylation sites (tertiary alicyclic amines) is 1. The topological polar surface area (TPSA) is 29.5 Å². The van der Waals surface area contributed by atoms with E-state index in [0.717, 1.165) is 25.9 Å². The first-order chi connectivity index (χ1) is 6.14. The third kappa shape index (κ3) is 2.09. The predicted octanol–water partition coefficient (Wildman–Crippen LogP) is 1.08. The van der Waals surface area contributed by atoms with E-state index in [1.165, 1.54) is 0 Å². The summed E-state index contributed by atoms with van der Waals surface area (Å²) < 4.78 is 5.40. The summed E-state index contributed by atoms with van der Waals surface area (Å²) in [6.07, 6.45) is 2.26. The molecule has 0 N–H and O–H groups in total. The van der Waals surface area contributed by atoms with Crippen molar-refractivity contribution in [3.8, 4) is 0 Å². The van der Waals surface area contributed by atoms with Crippen LogP contribution in [0, 0.1) is 0 Å². The van der Waals surface area contributed by atoms with Crippen LogP contribution in [0.15, 0.2) is 0 Å². The molecule has 1 aliphatic rings. The van der Waals surface area contributed by atoms with Crippen LogP contribution in [0.2, 0.25) is 0 Å². The Balaban J connectivity index is 2.65. The third-order valence-electron chi connectivity index (χ3n) is 3.01. The highest BCUT2D eigenvalue weighted by Gasteiger charge is 2.39. The summed E-state index contributed by atoms with van der Waals surface area (Å²) in [5.74, 6) is 0.253. The molecule has 1 rings (SSSR count). The number of Topliss-reactive ketones (excluding diaryl/α,β-unsaturated/α-hetero) is 1. The Morgan fingerprint density at radius 2 is 2.00 bits per heavy atom. The Bertz CT molecular complexity index is 183. The number of hydrogen-bond donors (Lipinski definition) is 0. The zero-order chi connectivity index (χ0) is 9.90. The van der Waals surface area contributed by atoms with E-state index in [2.05, 4.69) is 11.9 Å². The third-order valence-corrected chi connectivity index (χ3v) is 3.01. The van der Waals surface area contributed by atoms with Gasteiger partial charge in [0, 0.05) is 26.6 Å². The molecule has 0 spiro atoms. The monoisotopic (exact) mass is 185 g/mol. The molecule has 76 valence electrons. The van der Waals surface area contributed by atoms with E-state index in [0.29, 0.717) is 6.42 Å². The lowest BCUT2D eigenvalue weighted by Crippen LogP contribution is -2.49. The maximum absolute atomic E-state index is 11.7. The van der Waals surface area contributed by atoms with Crippen molar-refractivity contribution in [2.45, 2.75) is 31.8 Å². The second kappa shape index (κ2) is 4.20. The van der Waals surface area contributed by atoms with Gasteiger partial charge in [-0.15, -0.1) is 0 Å². The minimum absolute atomic E-state index is 0.253. The molecule has 1 aliphatic heterocycles. The first-order valence-corrected chi connectivity index (χ1v) is 4.91. The molecule has 3 heteroatoms. The van der Waals surface area contributed by atoms with E-state index in [-0.39, 0.29) is 5.78 Å². The fourth-order valence-electron chi connectivity index (χ4n) is 1.90. The molecule has 1 fully saturated rings. The van der Waals surface area contributed by atoms with Crippen LogP contribution in [-0.2, 0) is 9.53 Å². The van der Waals surface area contributed by atoms with Crippen molar-refractivity contribution in [1.29, 1.82) is 0 Å². The lowest BCUT2D eigenvalue weighted by Gasteiger charge is -2.38. The lowest BCUT2D eigenvalue weighted by atomic mass is 9.86. The molecular formula is C10H19NO2. The van der Waals surface area contributed by atoms with E-state index in [1.54, 1.807) is 7.11 Å². The van der Waals surface area contributed by atoms with E-state index in [9.17, 15) is 4.79 Å². The van der Waals surface area contributed by atoms with Gasteiger partial charge >= 0.3 is 0 Å². The molecule has 1 saturated heterocycles. The highest BCUT2D eigenvalue weighted by Crippen LogP contribution is 2.27. The summed E-state index contributed by atoms with van der Waals surface area (Å²) in [5.41, 5.74) is -0.471. The fourth-order valence-corrected chi connectivity index (χ4v) is 1.90. The number of hydrogen-bond acceptors (Lipinski definition) is 3. The Morgan fingerprint density at radius 3 is 2.38 bits per heavy atom. The van der Waals surface area contributed by atoms with Crippen LogP contribution < -0.4 is 0 Å². The largest absolute Gasteiger partial charge is 0.370 e. The highest BCUT2D eigenvalue weighted by molar-refractivity contribution is 5.87. The van der Waals surface area contributed by atoms with Crippen molar-refractivity contribution in [3.05, 3.63) is 0 Å². The van der Waals surface area contributed by atoms with Crippen molar-refractivity contribution in [1.82, 2.24) is 4.90 Å². The first-order valence-electron chi connectivity index (χ1n) is 4.91. The second-order valence-electron chi connectivity index (χ2n) is 3.78. The standard InChI is InChI=1S/C10H19NO2/c1-4-9(12)10(13-3)5-7-11(2)8-6-10/h4-8H2,1-3H3. The summed E-state index contributed by atoms with van der Waals surface area (Å²) in [5, 5.41) is 0. The molecule has 0 aromatic carbocycles. The van der Waals surface area contributed by atoms with Crippen molar-refractivity contribution in [3.63, 3.8) is 0 Å². The Labute approximate surface area is 80.1 Å². The van der Waals surface area contributed by atoms with Crippen LogP contribution >= 0.6 is 0 Å². The normalized spacial score (nSPS) is 23.0. The second-order valence-corrected chi connectivity index (χ2v) is 3.78. The zero-order valence-corrected chi connectivity index (χ0v) is 8.80. The van der Waals surface area contributed by atoms with Gasteiger partial charge in [-0.05, 0) is 19.9 Å². The van der Waals surface area contributed by atoms with E-state index < -0.39 is 5.60 Å². The van der Waals surface area contributed by atoms with Crippen molar-refractivity contribution in [2.75, 3.05) is 27.2 Å². The summed E-state index contributed by atoms with van der Waals surface area (Å²) >= 11 is 0. The fraction of sp³-hybridized carbons (Fsp3) is 0.900.